The van der Waals surface area contributed by atoms with E-state index < -0.39 is 5.97 Å². The summed E-state index contributed by atoms with van der Waals surface area (Å²) in [7, 11) is 0. The molecule has 0 unspecified atom stereocenters. The predicted octanol–water partition coefficient (Wildman–Crippen LogP) is 2.84. The lowest BCUT2D eigenvalue weighted by atomic mass is 10.2. The van der Waals surface area contributed by atoms with Crippen LogP contribution in [0, 0.1) is 0 Å². The van der Waals surface area contributed by atoms with Crippen molar-refractivity contribution in [2.45, 2.75) is 13.3 Å². The molecule has 0 saturated heterocycles. The summed E-state index contributed by atoms with van der Waals surface area (Å²) in [6, 6.07) is 1.53. The maximum atomic E-state index is 11.2. The van der Waals surface area contributed by atoms with Gasteiger partial charge >= 0.3 is 5.97 Å². The monoisotopic (exact) mass is 343 g/mol. The number of aromatic carboxylic acids is 1. The summed E-state index contributed by atoms with van der Waals surface area (Å²) in [5, 5.41) is 17.4. The second-order valence-corrected chi connectivity index (χ2v) is 5.45. The Bertz CT molecular complexity index is 860. The number of nitrogens with zero attached hydrogens (tertiary/aromatic N) is 5. The normalized spacial score (nSPS) is 11.2. The first kappa shape index (κ1) is 14.2. The zero-order valence-electron chi connectivity index (χ0n) is 10.5. The van der Waals surface area contributed by atoms with Gasteiger partial charge in [0.1, 0.15) is 16.7 Å². The molecule has 0 saturated carbocycles. The number of hydrogen-bond acceptors (Lipinski definition) is 6. The van der Waals surface area contributed by atoms with Crippen LogP contribution in [0.3, 0.4) is 0 Å². The third-order valence-corrected chi connectivity index (χ3v) is 4.04. The molecule has 3 rings (SSSR count). The summed E-state index contributed by atoms with van der Waals surface area (Å²) in [6.45, 7) is 1.81. The molecule has 7 nitrogen and oxygen atoms in total. The molecule has 2 heterocycles. The first-order valence-corrected chi connectivity index (χ1v) is 7.31. The lowest BCUT2D eigenvalue weighted by Crippen LogP contribution is -2.07. The van der Waals surface area contributed by atoms with Crippen molar-refractivity contribution in [3.05, 3.63) is 27.5 Å². The summed E-state index contributed by atoms with van der Waals surface area (Å²) in [5.41, 5.74) is 1.71. The Labute approximate surface area is 132 Å². The van der Waals surface area contributed by atoms with Crippen LogP contribution in [0.2, 0.25) is 10.0 Å². The van der Waals surface area contributed by atoms with E-state index in [2.05, 4.69) is 19.1 Å². The molecule has 21 heavy (non-hydrogen) atoms. The molecule has 0 aliphatic heterocycles. The van der Waals surface area contributed by atoms with Crippen molar-refractivity contribution in [3.8, 4) is 5.69 Å². The van der Waals surface area contributed by atoms with Crippen molar-refractivity contribution < 1.29 is 9.90 Å². The zero-order chi connectivity index (χ0) is 15.1. The van der Waals surface area contributed by atoms with Crippen molar-refractivity contribution in [1.82, 2.24) is 23.7 Å². The van der Waals surface area contributed by atoms with E-state index in [1.54, 1.807) is 0 Å². The van der Waals surface area contributed by atoms with Gasteiger partial charge in [-0.05, 0) is 12.5 Å². The number of aromatic nitrogens is 5. The molecule has 0 spiro atoms. The Morgan fingerprint density at radius 1 is 1.33 bits per heavy atom. The van der Waals surface area contributed by atoms with Gasteiger partial charge in [0.15, 0.2) is 5.69 Å². The van der Waals surface area contributed by atoms with E-state index in [4.69, 9.17) is 28.3 Å². The number of rotatable bonds is 3. The van der Waals surface area contributed by atoms with Gasteiger partial charge in [-0.15, -0.1) is 5.10 Å². The molecule has 1 aromatic carbocycles. The standard InChI is InChI=1S/C11H7Cl2N5O2S/c1-2-6-8(11(19)20)14-17-18(6)10-5(13)3-4(12)7-9(10)16-21-15-7/h3H,2H2,1H3,(H,19,20). The van der Waals surface area contributed by atoms with E-state index in [0.717, 1.165) is 11.7 Å². The van der Waals surface area contributed by atoms with Crippen LogP contribution in [0.25, 0.3) is 16.7 Å². The fourth-order valence-electron chi connectivity index (χ4n) is 2.03. The topological polar surface area (TPSA) is 93.8 Å². The van der Waals surface area contributed by atoms with E-state index >= 15 is 0 Å². The van der Waals surface area contributed by atoms with E-state index in [-0.39, 0.29) is 5.69 Å². The highest BCUT2D eigenvalue weighted by Gasteiger charge is 2.23. The van der Waals surface area contributed by atoms with Gasteiger partial charge in [-0.1, -0.05) is 35.3 Å². The Morgan fingerprint density at radius 2 is 2.05 bits per heavy atom. The largest absolute Gasteiger partial charge is 0.476 e. The molecule has 0 amide bonds. The fourth-order valence-corrected chi connectivity index (χ4v) is 3.22. The third-order valence-electron chi connectivity index (χ3n) is 2.93. The number of carbonyl (C=O) groups is 1. The first-order chi connectivity index (χ1) is 10.0. The van der Waals surface area contributed by atoms with Gasteiger partial charge in [-0.25, -0.2) is 9.48 Å². The summed E-state index contributed by atoms with van der Waals surface area (Å²) >= 11 is 13.3. The smallest absolute Gasteiger partial charge is 0.358 e. The van der Waals surface area contributed by atoms with Gasteiger partial charge in [0.05, 0.1) is 27.5 Å². The second kappa shape index (κ2) is 5.21. The van der Waals surface area contributed by atoms with Crippen LogP contribution in [0.15, 0.2) is 6.07 Å². The zero-order valence-corrected chi connectivity index (χ0v) is 12.9. The Balaban J connectivity index is 2.36. The van der Waals surface area contributed by atoms with Crippen LogP contribution in [-0.2, 0) is 6.42 Å². The molecule has 0 atom stereocenters. The number of carboxylic acids is 1. The van der Waals surface area contributed by atoms with Crippen LogP contribution >= 0.6 is 34.9 Å². The van der Waals surface area contributed by atoms with E-state index in [1.807, 2.05) is 6.92 Å². The molecule has 1 N–H and O–H groups in total. The summed E-state index contributed by atoms with van der Waals surface area (Å²) in [5.74, 6) is -1.14. The van der Waals surface area contributed by atoms with Crippen LogP contribution in [0.4, 0.5) is 0 Å². The van der Waals surface area contributed by atoms with Crippen LogP contribution < -0.4 is 0 Å². The molecule has 3 aromatic rings. The minimum Gasteiger partial charge on any atom is -0.476 e. The summed E-state index contributed by atoms with van der Waals surface area (Å²) in [6.07, 6.45) is 0.423. The minimum atomic E-state index is -1.14. The van der Waals surface area contributed by atoms with Crippen LogP contribution in [-0.4, -0.2) is 34.8 Å². The molecular formula is C11H7Cl2N5O2S. The van der Waals surface area contributed by atoms with Gasteiger partial charge in [-0.2, -0.15) is 8.75 Å². The van der Waals surface area contributed by atoms with Gasteiger partial charge in [0, 0.05) is 0 Å². The van der Waals surface area contributed by atoms with Crippen molar-refractivity contribution >= 4 is 51.9 Å². The second-order valence-electron chi connectivity index (χ2n) is 4.11. The van der Waals surface area contributed by atoms with Gasteiger partial charge in [0.2, 0.25) is 0 Å². The van der Waals surface area contributed by atoms with Crippen molar-refractivity contribution in [2.75, 3.05) is 0 Å². The van der Waals surface area contributed by atoms with Crippen molar-refractivity contribution in [2.24, 2.45) is 0 Å². The molecule has 0 bridgehead atoms. The lowest BCUT2D eigenvalue weighted by molar-refractivity contribution is 0.0689. The summed E-state index contributed by atoms with van der Waals surface area (Å²) < 4.78 is 9.66. The molecule has 2 aromatic heterocycles. The molecule has 0 fully saturated rings. The van der Waals surface area contributed by atoms with Gasteiger partial charge < -0.3 is 5.11 Å². The molecule has 0 radical (unpaired) electrons. The van der Waals surface area contributed by atoms with Gasteiger partial charge in [0.25, 0.3) is 0 Å². The highest BCUT2D eigenvalue weighted by molar-refractivity contribution is 7.00. The molecule has 10 heteroatoms. The number of benzene rings is 1. The number of hydrogen-bond donors (Lipinski definition) is 1. The summed E-state index contributed by atoms with van der Waals surface area (Å²) in [4.78, 5) is 11.2. The minimum absolute atomic E-state index is 0.111. The quantitative estimate of drug-likeness (QED) is 0.785. The maximum absolute atomic E-state index is 11.2. The highest BCUT2D eigenvalue weighted by Crippen LogP contribution is 2.34. The third kappa shape index (κ3) is 2.15. The Morgan fingerprint density at radius 3 is 2.71 bits per heavy atom. The Kier molecular flexibility index (Phi) is 3.52. The van der Waals surface area contributed by atoms with Crippen LogP contribution in [0.5, 0.6) is 0 Å². The molecule has 0 aliphatic carbocycles. The molecular weight excluding hydrogens is 337 g/mol. The molecule has 108 valence electrons. The lowest BCUT2D eigenvalue weighted by Gasteiger charge is -2.08. The SMILES string of the molecule is CCc1c(C(=O)O)nnn1-c1c(Cl)cc(Cl)c2nsnc12. The predicted molar refractivity (Wildman–Crippen MR) is 78.7 cm³/mol. The fraction of sp³-hybridized carbons (Fsp3) is 0.182. The average molecular weight is 344 g/mol. The van der Waals surface area contributed by atoms with Crippen molar-refractivity contribution in [3.63, 3.8) is 0 Å². The average Bonchev–Trinajstić information content (AvgIpc) is 3.05. The van der Waals surface area contributed by atoms with E-state index in [1.165, 1.54) is 10.7 Å². The maximum Gasteiger partial charge on any atom is 0.358 e. The first-order valence-electron chi connectivity index (χ1n) is 5.83. The highest BCUT2D eigenvalue weighted by atomic mass is 35.5. The van der Waals surface area contributed by atoms with E-state index in [9.17, 15) is 4.79 Å². The van der Waals surface area contributed by atoms with E-state index in [0.29, 0.717) is 38.9 Å². The number of halogens is 2. The number of fused-ring (bicyclic) bond motifs is 1. The number of carboxylic acid groups (broad SMARTS) is 1. The van der Waals surface area contributed by atoms with Gasteiger partial charge in [-0.3, -0.25) is 0 Å². The Hall–Kier alpha value is -1.77. The van der Waals surface area contributed by atoms with Crippen molar-refractivity contribution in [1.29, 1.82) is 0 Å². The van der Waals surface area contributed by atoms with Crippen LogP contribution in [0.1, 0.15) is 23.1 Å². The molecule has 0 aliphatic rings.